The highest BCUT2D eigenvalue weighted by molar-refractivity contribution is 6.36. The minimum atomic E-state index is -0.768. The number of nitrogens with zero attached hydrogens (tertiary/aromatic N) is 1. The highest BCUT2D eigenvalue weighted by Gasteiger charge is 2.28. The third-order valence-electron chi connectivity index (χ3n) is 3.44. The highest BCUT2D eigenvalue weighted by Crippen LogP contribution is 2.25. The summed E-state index contributed by atoms with van der Waals surface area (Å²) in [6, 6.07) is 7.47. The van der Waals surface area contributed by atoms with Crippen molar-refractivity contribution in [2.24, 2.45) is 4.99 Å². The van der Waals surface area contributed by atoms with E-state index < -0.39 is 11.9 Å². The molecule has 1 fully saturated rings. The second-order valence-electron chi connectivity index (χ2n) is 5.31. The Labute approximate surface area is 153 Å². The molecule has 2 aromatic rings. The minimum Gasteiger partial charge on any atom is -0.467 e. The van der Waals surface area contributed by atoms with E-state index in [9.17, 15) is 9.59 Å². The van der Waals surface area contributed by atoms with Gasteiger partial charge in [0.2, 0.25) is 11.8 Å². The maximum absolute atomic E-state index is 12.4. The first-order valence-electron chi connectivity index (χ1n) is 7.40. The average Bonchev–Trinajstić information content (AvgIpc) is 3.08. The normalized spacial score (nSPS) is 18.6. The molecule has 1 atom stereocenters. The molecule has 0 saturated carbocycles. The molecule has 0 spiro atoms. The summed E-state index contributed by atoms with van der Waals surface area (Å²) in [7, 11) is 0. The quantitative estimate of drug-likeness (QED) is 0.759. The fourth-order valence-corrected chi connectivity index (χ4v) is 2.69. The van der Waals surface area contributed by atoms with E-state index >= 15 is 0 Å². The van der Waals surface area contributed by atoms with Crippen molar-refractivity contribution < 1.29 is 14.0 Å². The summed E-state index contributed by atoms with van der Waals surface area (Å²) in [6.07, 6.45) is 1.52. The van der Waals surface area contributed by atoms with Crippen molar-refractivity contribution in [3.63, 3.8) is 0 Å². The van der Waals surface area contributed by atoms with Gasteiger partial charge in [-0.2, -0.15) is 0 Å². The zero-order valence-electron chi connectivity index (χ0n) is 12.9. The molecule has 1 aromatic heterocycles. The van der Waals surface area contributed by atoms with Crippen molar-refractivity contribution in [1.82, 2.24) is 10.6 Å². The van der Waals surface area contributed by atoms with Gasteiger partial charge in [-0.3, -0.25) is 14.9 Å². The Bertz CT molecular complexity index is 821. The van der Waals surface area contributed by atoms with E-state index in [4.69, 9.17) is 27.6 Å². The molecule has 1 aromatic carbocycles. The third kappa shape index (κ3) is 4.52. The van der Waals surface area contributed by atoms with Crippen LogP contribution in [0.5, 0.6) is 0 Å². The van der Waals surface area contributed by atoms with Crippen molar-refractivity contribution in [2.75, 3.05) is 5.32 Å². The van der Waals surface area contributed by atoms with Crippen LogP contribution in [0, 0.1) is 0 Å². The van der Waals surface area contributed by atoms with Gasteiger partial charge in [0.15, 0.2) is 5.96 Å². The summed E-state index contributed by atoms with van der Waals surface area (Å²) in [5.41, 5.74) is 0.415. The van der Waals surface area contributed by atoms with Crippen LogP contribution in [-0.4, -0.2) is 23.8 Å². The van der Waals surface area contributed by atoms with Gasteiger partial charge in [-0.1, -0.05) is 23.2 Å². The van der Waals surface area contributed by atoms with E-state index in [1.165, 1.54) is 12.3 Å². The summed E-state index contributed by atoms with van der Waals surface area (Å²) in [6.45, 7) is 0.243. The topological polar surface area (TPSA) is 95.7 Å². The maximum Gasteiger partial charge on any atom is 0.247 e. The van der Waals surface area contributed by atoms with Crippen LogP contribution in [0.1, 0.15) is 12.2 Å². The Morgan fingerprint density at radius 1 is 1.36 bits per heavy atom. The monoisotopic (exact) mass is 380 g/mol. The lowest BCUT2D eigenvalue weighted by Crippen LogP contribution is -2.57. The van der Waals surface area contributed by atoms with Gasteiger partial charge in [-0.25, -0.2) is 4.99 Å². The second-order valence-corrected chi connectivity index (χ2v) is 6.15. The lowest BCUT2D eigenvalue weighted by Gasteiger charge is -2.25. The van der Waals surface area contributed by atoms with Crippen molar-refractivity contribution in [2.45, 2.75) is 19.0 Å². The van der Waals surface area contributed by atoms with Gasteiger partial charge in [-0.05, 0) is 30.3 Å². The highest BCUT2D eigenvalue weighted by atomic mass is 35.5. The van der Waals surface area contributed by atoms with Gasteiger partial charge < -0.3 is 15.1 Å². The molecule has 7 nitrogen and oxygen atoms in total. The molecule has 0 unspecified atom stereocenters. The van der Waals surface area contributed by atoms with E-state index in [0.717, 1.165) is 0 Å². The summed E-state index contributed by atoms with van der Waals surface area (Å²) < 4.78 is 5.18. The Morgan fingerprint density at radius 3 is 2.92 bits per heavy atom. The van der Waals surface area contributed by atoms with Crippen molar-refractivity contribution in [3.8, 4) is 0 Å². The molecule has 3 rings (SSSR count). The maximum atomic E-state index is 12.4. The molecule has 2 amide bonds. The van der Waals surface area contributed by atoms with Gasteiger partial charge in [0, 0.05) is 5.02 Å². The number of hydrogen-bond acceptors (Lipinski definition) is 4. The zero-order chi connectivity index (χ0) is 17.8. The number of guanidine groups is 1. The van der Waals surface area contributed by atoms with Gasteiger partial charge in [0.05, 0.1) is 23.4 Å². The average molecular weight is 381 g/mol. The molecular formula is C16H14Cl2N4O3. The fraction of sp³-hybridized carbons (Fsp3) is 0.188. The van der Waals surface area contributed by atoms with Gasteiger partial charge in [-0.15, -0.1) is 0 Å². The predicted molar refractivity (Wildman–Crippen MR) is 94.6 cm³/mol. The number of carbonyl (C=O) groups excluding carboxylic acids is 2. The first-order valence-corrected chi connectivity index (χ1v) is 8.16. The van der Waals surface area contributed by atoms with E-state index in [1.807, 2.05) is 0 Å². The fourth-order valence-electron chi connectivity index (χ4n) is 2.23. The Hall–Kier alpha value is -2.51. The number of halogens is 2. The molecule has 130 valence electrons. The summed E-state index contributed by atoms with van der Waals surface area (Å²) >= 11 is 11.9. The Kier molecular flexibility index (Phi) is 5.25. The summed E-state index contributed by atoms with van der Waals surface area (Å²) in [5, 5.41) is 8.92. The third-order valence-corrected chi connectivity index (χ3v) is 3.98. The SMILES string of the molecule is O=C1C[C@H](C(=O)Nc2ccc(Cl)cc2Cl)NC(=NCc2ccco2)N1. The number of aliphatic imine (C=N–C) groups is 1. The molecule has 1 aliphatic heterocycles. The van der Waals surface area contributed by atoms with E-state index in [1.54, 1.807) is 24.3 Å². The van der Waals surface area contributed by atoms with Crippen LogP contribution in [0.25, 0.3) is 0 Å². The van der Waals surface area contributed by atoms with Crippen LogP contribution in [0.4, 0.5) is 5.69 Å². The van der Waals surface area contributed by atoms with Crippen LogP contribution in [0.15, 0.2) is 46.0 Å². The Morgan fingerprint density at radius 2 is 2.20 bits per heavy atom. The molecule has 1 aliphatic rings. The number of amides is 2. The van der Waals surface area contributed by atoms with Crippen LogP contribution < -0.4 is 16.0 Å². The standard InChI is InChI=1S/C16H14Cl2N4O3/c17-9-3-4-12(11(18)6-9)20-15(24)13-7-14(23)22-16(21-13)19-8-10-2-1-5-25-10/h1-6,13H,7-8H2,(H,20,24)(H2,19,21,22,23)/t13-/m1/s1. The second kappa shape index (κ2) is 7.58. The Balaban J connectivity index is 1.67. The number of furan rings is 1. The number of nitrogens with one attached hydrogen (secondary N) is 3. The summed E-state index contributed by atoms with van der Waals surface area (Å²) in [4.78, 5) is 28.4. The molecule has 3 N–H and O–H groups in total. The summed E-state index contributed by atoms with van der Waals surface area (Å²) in [5.74, 6) is 0.155. The molecular weight excluding hydrogens is 367 g/mol. The smallest absolute Gasteiger partial charge is 0.247 e. The molecule has 0 aliphatic carbocycles. The van der Waals surface area contributed by atoms with Crippen molar-refractivity contribution in [3.05, 3.63) is 52.4 Å². The van der Waals surface area contributed by atoms with Gasteiger partial charge >= 0.3 is 0 Å². The zero-order valence-corrected chi connectivity index (χ0v) is 14.4. The number of carbonyl (C=O) groups is 2. The first-order chi connectivity index (χ1) is 12.0. The first kappa shape index (κ1) is 17.3. The number of hydrogen-bond donors (Lipinski definition) is 3. The number of benzene rings is 1. The molecule has 25 heavy (non-hydrogen) atoms. The van der Waals surface area contributed by atoms with Gasteiger partial charge in [0.25, 0.3) is 0 Å². The van der Waals surface area contributed by atoms with Crippen LogP contribution >= 0.6 is 23.2 Å². The van der Waals surface area contributed by atoms with E-state index in [0.29, 0.717) is 21.5 Å². The van der Waals surface area contributed by atoms with E-state index in [-0.39, 0.29) is 24.8 Å². The molecule has 1 saturated heterocycles. The lowest BCUT2D eigenvalue weighted by molar-refractivity contribution is -0.125. The molecule has 9 heteroatoms. The molecule has 0 bridgehead atoms. The van der Waals surface area contributed by atoms with Crippen molar-refractivity contribution >= 4 is 46.7 Å². The minimum absolute atomic E-state index is 0.0170. The van der Waals surface area contributed by atoms with Crippen LogP contribution in [0.3, 0.4) is 0 Å². The van der Waals surface area contributed by atoms with Crippen molar-refractivity contribution in [1.29, 1.82) is 0 Å². The van der Waals surface area contributed by atoms with Crippen LogP contribution in [-0.2, 0) is 16.1 Å². The lowest BCUT2D eigenvalue weighted by atomic mass is 10.1. The van der Waals surface area contributed by atoms with Crippen LogP contribution in [0.2, 0.25) is 10.0 Å². The number of rotatable bonds is 4. The molecule has 0 radical (unpaired) electrons. The largest absolute Gasteiger partial charge is 0.467 e. The predicted octanol–water partition coefficient (Wildman–Crippen LogP) is 2.56. The molecule has 2 heterocycles. The number of anilines is 1. The van der Waals surface area contributed by atoms with Gasteiger partial charge in [0.1, 0.15) is 18.3 Å². The van der Waals surface area contributed by atoms with E-state index in [2.05, 4.69) is 20.9 Å².